The lowest BCUT2D eigenvalue weighted by molar-refractivity contribution is 0.180. The minimum Gasteiger partial charge on any atom is -0.424 e. The van der Waals surface area contributed by atoms with Crippen molar-refractivity contribution in [2.45, 2.75) is 45.2 Å². The van der Waals surface area contributed by atoms with Crippen molar-refractivity contribution in [3.63, 3.8) is 0 Å². The van der Waals surface area contributed by atoms with Crippen LogP contribution in [-0.2, 0) is 11.2 Å². The molecular weight excluding hydrogens is 290 g/mol. The Morgan fingerprint density at radius 3 is 2.74 bits per heavy atom. The molecule has 1 aromatic heterocycles. The number of benzene rings is 1. The number of rotatable bonds is 7. The molecule has 1 fully saturated rings. The molecule has 1 aliphatic heterocycles. The van der Waals surface area contributed by atoms with Crippen LogP contribution >= 0.6 is 0 Å². The van der Waals surface area contributed by atoms with Crippen LogP contribution in [0.4, 0.5) is 0 Å². The fraction of sp³-hybridized carbons (Fsp3) is 0.556. The van der Waals surface area contributed by atoms with E-state index in [1.807, 2.05) is 13.0 Å². The summed E-state index contributed by atoms with van der Waals surface area (Å²) in [5, 5.41) is 11.9. The van der Waals surface area contributed by atoms with Crippen molar-refractivity contribution in [1.82, 2.24) is 15.5 Å². The molecule has 5 nitrogen and oxygen atoms in total. The first-order chi connectivity index (χ1) is 11.3. The Kier molecular flexibility index (Phi) is 5.41. The molecule has 3 unspecified atom stereocenters. The van der Waals surface area contributed by atoms with Gasteiger partial charge in [-0.1, -0.05) is 37.3 Å². The van der Waals surface area contributed by atoms with Gasteiger partial charge in [0.15, 0.2) is 0 Å². The molecule has 1 N–H and O–H groups in total. The van der Waals surface area contributed by atoms with Gasteiger partial charge in [-0.2, -0.15) is 0 Å². The van der Waals surface area contributed by atoms with Crippen molar-refractivity contribution in [3.8, 4) is 0 Å². The van der Waals surface area contributed by atoms with E-state index in [1.54, 1.807) is 0 Å². The van der Waals surface area contributed by atoms with Gasteiger partial charge in [-0.3, -0.25) is 5.32 Å². The highest BCUT2D eigenvalue weighted by Gasteiger charge is 2.24. The largest absolute Gasteiger partial charge is 0.424 e. The Bertz CT molecular complexity index is 593. The smallest absolute Gasteiger partial charge is 0.233 e. The van der Waals surface area contributed by atoms with E-state index in [-0.39, 0.29) is 12.1 Å². The predicted octanol–water partition coefficient (Wildman–Crippen LogP) is 3.45. The second-order valence-electron chi connectivity index (χ2n) is 6.20. The van der Waals surface area contributed by atoms with Crippen LogP contribution in [-0.4, -0.2) is 23.4 Å². The van der Waals surface area contributed by atoms with Gasteiger partial charge < -0.3 is 9.15 Å². The van der Waals surface area contributed by atoms with Crippen molar-refractivity contribution < 1.29 is 9.15 Å². The normalized spacial score (nSPS) is 20.5. The van der Waals surface area contributed by atoms with Crippen LogP contribution in [0.3, 0.4) is 0 Å². The summed E-state index contributed by atoms with van der Waals surface area (Å²) < 4.78 is 11.2. The summed E-state index contributed by atoms with van der Waals surface area (Å²) in [6.45, 7) is 5.83. The van der Waals surface area contributed by atoms with Crippen LogP contribution in [0.15, 0.2) is 34.7 Å². The summed E-state index contributed by atoms with van der Waals surface area (Å²) in [7, 11) is 0. The minimum atomic E-state index is 0.0235. The number of nitrogens with zero attached hydrogens (tertiary/aromatic N) is 2. The van der Waals surface area contributed by atoms with Gasteiger partial charge >= 0.3 is 0 Å². The molecule has 1 aliphatic rings. The maximum Gasteiger partial charge on any atom is 0.233 e. The van der Waals surface area contributed by atoms with E-state index in [4.69, 9.17) is 9.15 Å². The molecule has 0 bridgehead atoms. The summed E-state index contributed by atoms with van der Waals surface area (Å²) in [5.74, 6) is 1.95. The first-order valence-electron chi connectivity index (χ1n) is 8.47. The molecule has 3 atom stereocenters. The van der Waals surface area contributed by atoms with E-state index in [0.717, 1.165) is 32.5 Å². The van der Waals surface area contributed by atoms with Crippen molar-refractivity contribution in [3.05, 3.63) is 47.7 Å². The quantitative estimate of drug-likeness (QED) is 0.848. The lowest BCUT2D eigenvalue weighted by Crippen LogP contribution is -2.27. The van der Waals surface area contributed by atoms with E-state index in [1.165, 1.54) is 5.56 Å². The predicted molar refractivity (Wildman–Crippen MR) is 88.0 cm³/mol. The first kappa shape index (κ1) is 16.1. The third-order valence-corrected chi connectivity index (χ3v) is 4.40. The average Bonchev–Trinajstić information content (AvgIpc) is 3.26. The third kappa shape index (κ3) is 4.18. The molecule has 0 spiro atoms. The van der Waals surface area contributed by atoms with Crippen LogP contribution < -0.4 is 5.32 Å². The zero-order valence-corrected chi connectivity index (χ0v) is 13.9. The zero-order valence-electron chi connectivity index (χ0n) is 13.9. The maximum atomic E-state index is 5.69. The van der Waals surface area contributed by atoms with Crippen LogP contribution in [0.25, 0.3) is 0 Å². The maximum absolute atomic E-state index is 5.69. The SMILES string of the molecule is CCc1nnc(C(C)NC(CC2CCOC2)c2ccccc2)o1. The Balaban J connectivity index is 1.71. The molecule has 5 heteroatoms. The van der Waals surface area contributed by atoms with Crippen LogP contribution in [0.5, 0.6) is 0 Å². The Labute approximate surface area is 137 Å². The molecule has 0 saturated carbocycles. The number of ether oxygens (including phenoxy) is 1. The van der Waals surface area contributed by atoms with Crippen molar-refractivity contribution in [1.29, 1.82) is 0 Å². The van der Waals surface area contributed by atoms with Gasteiger partial charge in [-0.05, 0) is 31.2 Å². The van der Waals surface area contributed by atoms with E-state index < -0.39 is 0 Å². The van der Waals surface area contributed by atoms with Crippen LogP contribution in [0.1, 0.15) is 56.1 Å². The molecule has 1 aromatic carbocycles. The fourth-order valence-electron chi connectivity index (χ4n) is 3.05. The standard InChI is InChI=1S/C18H25N3O2/c1-3-17-20-21-18(23-17)13(2)19-16(11-14-9-10-22-12-14)15-7-5-4-6-8-15/h4-8,13-14,16,19H,3,9-12H2,1-2H3. The average molecular weight is 315 g/mol. The highest BCUT2D eigenvalue weighted by Crippen LogP contribution is 2.28. The summed E-state index contributed by atoms with van der Waals surface area (Å²) in [4.78, 5) is 0. The van der Waals surface area contributed by atoms with Gasteiger partial charge in [0.1, 0.15) is 0 Å². The number of hydrogen-bond donors (Lipinski definition) is 1. The Morgan fingerprint density at radius 2 is 2.09 bits per heavy atom. The molecule has 0 radical (unpaired) electrons. The highest BCUT2D eigenvalue weighted by molar-refractivity contribution is 5.19. The van der Waals surface area contributed by atoms with Crippen LogP contribution in [0, 0.1) is 5.92 Å². The first-order valence-corrected chi connectivity index (χ1v) is 8.47. The van der Waals surface area contributed by atoms with E-state index in [9.17, 15) is 0 Å². The summed E-state index contributed by atoms with van der Waals surface area (Å²) in [5.41, 5.74) is 1.29. The van der Waals surface area contributed by atoms with Crippen LogP contribution in [0.2, 0.25) is 0 Å². The van der Waals surface area contributed by atoms with Gasteiger partial charge in [0.2, 0.25) is 11.8 Å². The van der Waals surface area contributed by atoms with E-state index >= 15 is 0 Å². The number of aromatic nitrogens is 2. The van der Waals surface area contributed by atoms with Gasteiger partial charge in [0.25, 0.3) is 0 Å². The lowest BCUT2D eigenvalue weighted by atomic mass is 9.93. The highest BCUT2D eigenvalue weighted by atomic mass is 16.5. The monoisotopic (exact) mass is 315 g/mol. The molecule has 1 saturated heterocycles. The minimum absolute atomic E-state index is 0.0235. The molecule has 3 rings (SSSR count). The Hall–Kier alpha value is -1.72. The lowest BCUT2D eigenvalue weighted by Gasteiger charge is -2.24. The zero-order chi connectivity index (χ0) is 16.1. The van der Waals surface area contributed by atoms with Gasteiger partial charge in [-0.15, -0.1) is 10.2 Å². The topological polar surface area (TPSA) is 60.2 Å². The third-order valence-electron chi connectivity index (χ3n) is 4.40. The number of hydrogen-bond acceptors (Lipinski definition) is 5. The molecule has 2 heterocycles. The summed E-state index contributed by atoms with van der Waals surface area (Å²) >= 11 is 0. The summed E-state index contributed by atoms with van der Waals surface area (Å²) in [6, 6.07) is 10.8. The molecule has 23 heavy (non-hydrogen) atoms. The molecule has 124 valence electrons. The molecular formula is C18H25N3O2. The second-order valence-corrected chi connectivity index (χ2v) is 6.20. The van der Waals surface area contributed by atoms with E-state index in [0.29, 0.717) is 17.7 Å². The van der Waals surface area contributed by atoms with Crippen molar-refractivity contribution in [2.75, 3.05) is 13.2 Å². The molecule has 0 amide bonds. The number of nitrogens with one attached hydrogen (secondary N) is 1. The summed E-state index contributed by atoms with van der Waals surface area (Å²) in [6.07, 6.45) is 2.96. The Morgan fingerprint density at radius 1 is 1.26 bits per heavy atom. The fourth-order valence-corrected chi connectivity index (χ4v) is 3.05. The number of aryl methyl sites for hydroxylation is 1. The van der Waals surface area contributed by atoms with Crippen molar-refractivity contribution >= 4 is 0 Å². The van der Waals surface area contributed by atoms with E-state index in [2.05, 4.69) is 46.7 Å². The van der Waals surface area contributed by atoms with Gasteiger partial charge in [-0.25, -0.2) is 0 Å². The second kappa shape index (κ2) is 7.70. The van der Waals surface area contributed by atoms with Gasteiger partial charge in [0, 0.05) is 25.7 Å². The van der Waals surface area contributed by atoms with Crippen molar-refractivity contribution in [2.24, 2.45) is 5.92 Å². The molecule has 2 aromatic rings. The molecule has 0 aliphatic carbocycles. The van der Waals surface area contributed by atoms with Gasteiger partial charge in [0.05, 0.1) is 6.04 Å².